The maximum atomic E-state index is 10.7. The SMILES string of the molecule is Cc1nn(-c2ccccc2)c2nc(N/N=C/c3ccc([N+](=O)[O-])cc3)nnc12. The van der Waals surface area contributed by atoms with E-state index < -0.39 is 4.92 Å². The second kappa shape index (κ2) is 7.19. The first-order chi connectivity index (χ1) is 13.6. The third-order valence-corrected chi connectivity index (χ3v) is 3.94. The molecule has 0 unspecified atom stereocenters. The highest BCUT2D eigenvalue weighted by Gasteiger charge is 2.13. The predicted octanol–water partition coefficient (Wildman–Crippen LogP) is 2.87. The Hall–Kier alpha value is -4.21. The second-order valence-corrected chi connectivity index (χ2v) is 5.86. The molecule has 0 saturated carbocycles. The third kappa shape index (κ3) is 3.38. The van der Waals surface area contributed by atoms with E-state index in [1.54, 1.807) is 16.8 Å². The molecule has 2 heterocycles. The van der Waals surface area contributed by atoms with E-state index >= 15 is 0 Å². The van der Waals surface area contributed by atoms with Crippen LogP contribution in [-0.4, -0.2) is 36.1 Å². The number of nitro groups is 1. The van der Waals surface area contributed by atoms with Crippen molar-refractivity contribution in [3.05, 3.63) is 76.0 Å². The van der Waals surface area contributed by atoms with E-state index in [1.165, 1.54) is 18.3 Å². The largest absolute Gasteiger partial charge is 0.269 e. The third-order valence-electron chi connectivity index (χ3n) is 3.94. The van der Waals surface area contributed by atoms with Gasteiger partial charge in [0.25, 0.3) is 11.6 Å². The molecular weight excluding hydrogens is 360 g/mol. The average molecular weight is 374 g/mol. The second-order valence-electron chi connectivity index (χ2n) is 5.86. The fraction of sp³-hybridized carbons (Fsp3) is 0.0556. The number of nitrogens with one attached hydrogen (secondary N) is 1. The fourth-order valence-electron chi connectivity index (χ4n) is 2.59. The first kappa shape index (κ1) is 17.2. The Kier molecular flexibility index (Phi) is 4.42. The van der Waals surface area contributed by atoms with Gasteiger partial charge in [0, 0.05) is 12.1 Å². The van der Waals surface area contributed by atoms with Crippen LogP contribution in [0.4, 0.5) is 11.6 Å². The normalized spacial score (nSPS) is 11.2. The van der Waals surface area contributed by atoms with Crippen molar-refractivity contribution in [2.24, 2.45) is 5.10 Å². The van der Waals surface area contributed by atoms with Crippen molar-refractivity contribution in [2.75, 3.05) is 5.43 Å². The van der Waals surface area contributed by atoms with Crippen LogP contribution in [0.1, 0.15) is 11.3 Å². The zero-order chi connectivity index (χ0) is 19.5. The average Bonchev–Trinajstić information content (AvgIpc) is 3.05. The van der Waals surface area contributed by atoms with Gasteiger partial charge < -0.3 is 0 Å². The van der Waals surface area contributed by atoms with Gasteiger partial charge in [0.2, 0.25) is 0 Å². The highest BCUT2D eigenvalue weighted by molar-refractivity contribution is 5.80. The molecule has 0 radical (unpaired) electrons. The quantitative estimate of drug-likeness (QED) is 0.323. The lowest BCUT2D eigenvalue weighted by Crippen LogP contribution is -2.02. The molecule has 0 saturated heterocycles. The minimum absolute atomic E-state index is 0.0210. The molecule has 0 aliphatic heterocycles. The van der Waals surface area contributed by atoms with Crippen LogP contribution >= 0.6 is 0 Å². The number of nitrogens with zero attached hydrogens (tertiary/aromatic N) is 7. The summed E-state index contributed by atoms with van der Waals surface area (Å²) < 4.78 is 1.70. The number of para-hydroxylation sites is 1. The lowest BCUT2D eigenvalue weighted by Gasteiger charge is -2.02. The minimum atomic E-state index is -0.453. The summed E-state index contributed by atoms with van der Waals surface area (Å²) in [5.41, 5.74) is 6.18. The molecule has 0 fully saturated rings. The molecule has 10 heteroatoms. The summed E-state index contributed by atoms with van der Waals surface area (Å²) in [7, 11) is 0. The fourth-order valence-corrected chi connectivity index (χ4v) is 2.59. The summed E-state index contributed by atoms with van der Waals surface area (Å²) >= 11 is 0. The first-order valence-corrected chi connectivity index (χ1v) is 8.31. The molecule has 4 aromatic rings. The highest BCUT2D eigenvalue weighted by Crippen LogP contribution is 2.18. The number of hydrogen-bond donors (Lipinski definition) is 1. The minimum Gasteiger partial charge on any atom is -0.258 e. The Balaban J connectivity index is 1.58. The van der Waals surface area contributed by atoms with Gasteiger partial charge in [0.1, 0.15) is 0 Å². The van der Waals surface area contributed by atoms with Crippen LogP contribution in [0.15, 0.2) is 59.7 Å². The van der Waals surface area contributed by atoms with Crippen LogP contribution in [0.3, 0.4) is 0 Å². The Bertz CT molecular complexity index is 1170. The Morgan fingerprint density at radius 3 is 2.57 bits per heavy atom. The number of rotatable bonds is 5. The van der Waals surface area contributed by atoms with Crippen LogP contribution in [-0.2, 0) is 0 Å². The lowest BCUT2D eigenvalue weighted by molar-refractivity contribution is -0.384. The van der Waals surface area contributed by atoms with Gasteiger partial charge in [-0.15, -0.1) is 10.2 Å². The molecule has 0 atom stereocenters. The van der Waals surface area contributed by atoms with Crippen LogP contribution in [0.2, 0.25) is 0 Å². The van der Waals surface area contributed by atoms with Crippen LogP contribution in [0.5, 0.6) is 0 Å². The molecule has 1 N–H and O–H groups in total. The van der Waals surface area contributed by atoms with Crippen molar-refractivity contribution < 1.29 is 4.92 Å². The van der Waals surface area contributed by atoms with Crippen LogP contribution < -0.4 is 5.43 Å². The Morgan fingerprint density at radius 1 is 1.11 bits per heavy atom. The topological polar surface area (TPSA) is 124 Å². The molecule has 138 valence electrons. The molecule has 0 spiro atoms. The standard InChI is InChI=1S/C18H14N8O2/c1-12-16-17(25(24-12)14-5-3-2-4-6-14)20-18(23-21-16)22-19-11-13-7-9-15(10-8-13)26(27)28/h2-11H,1H3,(H,20,22,23)/b19-11+. The zero-order valence-corrected chi connectivity index (χ0v) is 14.7. The number of aryl methyl sites for hydroxylation is 1. The van der Waals surface area contributed by atoms with Gasteiger partial charge in [-0.3, -0.25) is 10.1 Å². The van der Waals surface area contributed by atoms with Crippen LogP contribution in [0, 0.1) is 17.0 Å². The number of benzene rings is 2. The molecule has 0 aliphatic rings. The summed E-state index contributed by atoms with van der Waals surface area (Å²) in [6.07, 6.45) is 1.51. The van der Waals surface area contributed by atoms with Crippen molar-refractivity contribution in [1.29, 1.82) is 0 Å². The lowest BCUT2D eigenvalue weighted by atomic mass is 10.2. The van der Waals surface area contributed by atoms with E-state index in [4.69, 9.17) is 0 Å². The van der Waals surface area contributed by atoms with Crippen molar-refractivity contribution in [3.8, 4) is 5.69 Å². The molecule has 10 nitrogen and oxygen atoms in total. The van der Waals surface area contributed by atoms with Gasteiger partial charge in [-0.1, -0.05) is 18.2 Å². The van der Waals surface area contributed by atoms with E-state index in [1.807, 2.05) is 37.3 Å². The number of aromatic nitrogens is 5. The molecule has 0 bridgehead atoms. The van der Waals surface area contributed by atoms with Crippen LogP contribution in [0.25, 0.3) is 16.9 Å². The Labute approximate surface area is 158 Å². The van der Waals surface area contributed by atoms with Crippen molar-refractivity contribution in [3.63, 3.8) is 0 Å². The van der Waals surface area contributed by atoms with Gasteiger partial charge in [-0.2, -0.15) is 15.2 Å². The monoisotopic (exact) mass is 374 g/mol. The van der Waals surface area contributed by atoms with E-state index in [9.17, 15) is 10.1 Å². The predicted molar refractivity (Wildman–Crippen MR) is 104 cm³/mol. The number of nitro benzene ring substituents is 1. The van der Waals surface area contributed by atoms with E-state index in [-0.39, 0.29) is 11.6 Å². The number of anilines is 1. The molecule has 0 aliphatic carbocycles. The van der Waals surface area contributed by atoms with Crippen molar-refractivity contribution in [1.82, 2.24) is 25.0 Å². The van der Waals surface area contributed by atoms with Gasteiger partial charge in [0.15, 0.2) is 11.2 Å². The summed E-state index contributed by atoms with van der Waals surface area (Å²) in [4.78, 5) is 14.7. The van der Waals surface area contributed by atoms with Gasteiger partial charge in [-0.05, 0) is 36.8 Å². The van der Waals surface area contributed by atoms with E-state index in [2.05, 4.69) is 30.8 Å². The van der Waals surface area contributed by atoms with E-state index in [0.29, 0.717) is 16.7 Å². The summed E-state index contributed by atoms with van der Waals surface area (Å²) in [5, 5.41) is 27.4. The maximum absolute atomic E-state index is 10.7. The smallest absolute Gasteiger partial charge is 0.258 e. The molecule has 0 amide bonds. The number of hydrazone groups is 1. The summed E-state index contributed by atoms with van der Waals surface area (Å²) in [6, 6.07) is 15.6. The molecule has 2 aromatic heterocycles. The zero-order valence-electron chi connectivity index (χ0n) is 14.7. The van der Waals surface area contributed by atoms with Gasteiger partial charge in [0.05, 0.1) is 22.5 Å². The number of non-ortho nitro benzene ring substituents is 1. The number of fused-ring (bicyclic) bond motifs is 1. The van der Waals surface area contributed by atoms with Crippen molar-refractivity contribution in [2.45, 2.75) is 6.92 Å². The molecule has 2 aromatic carbocycles. The number of hydrogen-bond acceptors (Lipinski definition) is 8. The molecular formula is C18H14N8O2. The Morgan fingerprint density at radius 2 is 1.86 bits per heavy atom. The summed E-state index contributed by atoms with van der Waals surface area (Å²) in [5.74, 6) is 0.211. The molecule has 28 heavy (non-hydrogen) atoms. The van der Waals surface area contributed by atoms with Crippen molar-refractivity contribution >= 4 is 29.0 Å². The van der Waals surface area contributed by atoms with Gasteiger partial charge in [-0.25, -0.2) is 10.1 Å². The molecule has 4 rings (SSSR count). The highest BCUT2D eigenvalue weighted by atomic mass is 16.6. The maximum Gasteiger partial charge on any atom is 0.269 e. The summed E-state index contributed by atoms with van der Waals surface area (Å²) in [6.45, 7) is 1.85. The van der Waals surface area contributed by atoms with Gasteiger partial charge >= 0.3 is 0 Å². The van der Waals surface area contributed by atoms with E-state index in [0.717, 1.165) is 11.4 Å². The first-order valence-electron chi connectivity index (χ1n) is 8.31.